The smallest absolute Gasteiger partial charge is 0.317 e. The highest BCUT2D eigenvalue weighted by atomic mass is 16.6. The summed E-state index contributed by atoms with van der Waals surface area (Å²) in [5.41, 5.74) is 0. The molecule has 0 unspecified atom stereocenters. The molecule has 13 heavy (non-hydrogen) atoms. The van der Waals surface area contributed by atoms with E-state index in [9.17, 15) is 9.59 Å². The van der Waals surface area contributed by atoms with Crippen molar-refractivity contribution in [2.75, 3.05) is 0 Å². The summed E-state index contributed by atoms with van der Waals surface area (Å²) in [6.07, 6.45) is 6.17. The van der Waals surface area contributed by atoms with Crippen molar-refractivity contribution in [1.29, 1.82) is 0 Å². The van der Waals surface area contributed by atoms with Gasteiger partial charge in [-0.05, 0) is 18.8 Å². The van der Waals surface area contributed by atoms with Crippen LogP contribution in [-0.4, -0.2) is 11.9 Å². The lowest BCUT2D eigenvalue weighted by Crippen LogP contribution is -2.21. The molecule has 72 valence electrons. The van der Waals surface area contributed by atoms with E-state index in [2.05, 4.69) is 4.74 Å². The molecule has 0 bridgehead atoms. The van der Waals surface area contributed by atoms with Crippen LogP contribution in [0.2, 0.25) is 0 Å². The number of ether oxygens (including phenoxy) is 1. The maximum atomic E-state index is 11.2. The van der Waals surface area contributed by atoms with Gasteiger partial charge in [-0.15, -0.1) is 0 Å². The van der Waals surface area contributed by atoms with Gasteiger partial charge in [-0.2, -0.15) is 0 Å². The Morgan fingerprint density at radius 1 is 1.08 bits per heavy atom. The van der Waals surface area contributed by atoms with Crippen LogP contribution >= 0.6 is 0 Å². The van der Waals surface area contributed by atoms with E-state index in [0.29, 0.717) is 12.3 Å². The first-order chi connectivity index (χ1) is 6.27. The van der Waals surface area contributed by atoms with Crippen molar-refractivity contribution in [1.82, 2.24) is 0 Å². The predicted octanol–water partition coefficient (Wildman–Crippen LogP) is 1.66. The molecule has 0 spiro atoms. The van der Waals surface area contributed by atoms with E-state index in [1.165, 1.54) is 19.3 Å². The molecular weight excluding hydrogens is 168 g/mol. The van der Waals surface area contributed by atoms with Gasteiger partial charge in [-0.25, -0.2) is 0 Å². The number of carbonyl (C=O) groups excluding carboxylic acids is 2. The number of hydrogen-bond donors (Lipinski definition) is 0. The van der Waals surface area contributed by atoms with Crippen LogP contribution in [0.25, 0.3) is 0 Å². The average molecular weight is 182 g/mol. The summed E-state index contributed by atoms with van der Waals surface area (Å²) in [5, 5.41) is 0. The summed E-state index contributed by atoms with van der Waals surface area (Å²) >= 11 is 0. The summed E-state index contributed by atoms with van der Waals surface area (Å²) < 4.78 is 4.55. The van der Waals surface area contributed by atoms with E-state index in [1.807, 2.05) is 0 Å². The molecule has 1 atom stereocenters. The summed E-state index contributed by atoms with van der Waals surface area (Å²) in [4.78, 5) is 22.1. The molecule has 2 rings (SSSR count). The Morgan fingerprint density at radius 3 is 2.31 bits per heavy atom. The third-order valence-corrected chi connectivity index (χ3v) is 3.12. The molecule has 0 N–H and O–H groups in total. The van der Waals surface area contributed by atoms with Crippen LogP contribution in [0.15, 0.2) is 0 Å². The quantitative estimate of drug-likeness (QED) is 0.457. The Morgan fingerprint density at radius 2 is 1.77 bits per heavy atom. The SMILES string of the molecule is O=C1C[C@@H](C2CCCCC2)C(=O)O1. The van der Waals surface area contributed by atoms with Crippen LogP contribution in [0, 0.1) is 11.8 Å². The maximum Gasteiger partial charge on any atom is 0.317 e. The molecule has 1 aliphatic heterocycles. The number of cyclic esters (lactones) is 2. The molecule has 0 radical (unpaired) electrons. The standard InChI is InChI=1S/C10H14O3/c11-9-6-8(10(12)13-9)7-4-2-1-3-5-7/h7-8H,1-6H2/t8-/m0/s1. The van der Waals surface area contributed by atoms with Gasteiger partial charge in [-0.1, -0.05) is 19.3 Å². The normalized spacial score (nSPS) is 30.6. The minimum absolute atomic E-state index is 0.118. The Labute approximate surface area is 77.4 Å². The zero-order valence-corrected chi connectivity index (χ0v) is 7.62. The highest BCUT2D eigenvalue weighted by Gasteiger charge is 2.39. The first-order valence-corrected chi connectivity index (χ1v) is 5.02. The first kappa shape index (κ1) is 8.73. The molecular formula is C10H14O3. The Bertz CT molecular complexity index is 228. The van der Waals surface area contributed by atoms with Gasteiger partial charge in [0.25, 0.3) is 0 Å². The van der Waals surface area contributed by atoms with Gasteiger partial charge < -0.3 is 4.74 Å². The molecule has 1 heterocycles. The van der Waals surface area contributed by atoms with Crippen molar-refractivity contribution < 1.29 is 14.3 Å². The molecule has 2 aliphatic rings. The zero-order valence-electron chi connectivity index (χ0n) is 7.62. The molecule has 1 saturated heterocycles. The van der Waals surface area contributed by atoms with Crippen molar-refractivity contribution in [2.24, 2.45) is 11.8 Å². The number of rotatable bonds is 1. The summed E-state index contributed by atoms with van der Waals surface area (Å²) in [6, 6.07) is 0. The fourth-order valence-electron chi connectivity index (χ4n) is 2.39. The average Bonchev–Trinajstić information content (AvgIpc) is 2.47. The van der Waals surface area contributed by atoms with Gasteiger partial charge in [0.1, 0.15) is 0 Å². The fourth-order valence-corrected chi connectivity index (χ4v) is 2.39. The van der Waals surface area contributed by atoms with Crippen molar-refractivity contribution in [3.05, 3.63) is 0 Å². The molecule has 0 aromatic carbocycles. The molecule has 1 saturated carbocycles. The number of hydrogen-bond acceptors (Lipinski definition) is 3. The second-order valence-corrected chi connectivity index (χ2v) is 4.00. The molecule has 0 aromatic rings. The van der Waals surface area contributed by atoms with Crippen LogP contribution in [0.3, 0.4) is 0 Å². The highest BCUT2D eigenvalue weighted by molar-refractivity contribution is 5.94. The van der Waals surface area contributed by atoms with Gasteiger partial charge in [0.15, 0.2) is 0 Å². The van der Waals surface area contributed by atoms with Gasteiger partial charge in [0.05, 0.1) is 12.3 Å². The van der Waals surface area contributed by atoms with Gasteiger partial charge in [0, 0.05) is 0 Å². The largest absolute Gasteiger partial charge is 0.393 e. The Hall–Kier alpha value is -0.860. The van der Waals surface area contributed by atoms with Crippen molar-refractivity contribution in [2.45, 2.75) is 38.5 Å². The molecule has 3 heteroatoms. The van der Waals surface area contributed by atoms with E-state index in [0.717, 1.165) is 12.8 Å². The Kier molecular flexibility index (Phi) is 2.34. The van der Waals surface area contributed by atoms with Gasteiger partial charge in [-0.3, -0.25) is 9.59 Å². The molecule has 2 fully saturated rings. The third kappa shape index (κ3) is 1.74. The lowest BCUT2D eigenvalue weighted by atomic mass is 9.79. The first-order valence-electron chi connectivity index (χ1n) is 5.02. The molecule has 0 aromatic heterocycles. The van der Waals surface area contributed by atoms with E-state index >= 15 is 0 Å². The summed E-state index contributed by atoms with van der Waals surface area (Å²) in [7, 11) is 0. The highest BCUT2D eigenvalue weighted by Crippen LogP contribution is 2.35. The van der Waals surface area contributed by atoms with E-state index in [-0.39, 0.29) is 17.9 Å². The van der Waals surface area contributed by atoms with Crippen LogP contribution in [-0.2, 0) is 14.3 Å². The monoisotopic (exact) mass is 182 g/mol. The van der Waals surface area contributed by atoms with Gasteiger partial charge >= 0.3 is 11.9 Å². The second kappa shape index (κ2) is 3.48. The fraction of sp³-hybridized carbons (Fsp3) is 0.800. The minimum atomic E-state index is -0.333. The predicted molar refractivity (Wildman–Crippen MR) is 45.8 cm³/mol. The lowest BCUT2D eigenvalue weighted by molar-refractivity contribution is -0.153. The van der Waals surface area contributed by atoms with Crippen molar-refractivity contribution in [3.8, 4) is 0 Å². The van der Waals surface area contributed by atoms with Crippen molar-refractivity contribution >= 4 is 11.9 Å². The van der Waals surface area contributed by atoms with Crippen LogP contribution in [0.5, 0.6) is 0 Å². The lowest BCUT2D eigenvalue weighted by Gasteiger charge is -2.23. The molecule has 1 aliphatic carbocycles. The van der Waals surface area contributed by atoms with E-state index < -0.39 is 0 Å². The summed E-state index contributed by atoms with van der Waals surface area (Å²) in [6.45, 7) is 0. The van der Waals surface area contributed by atoms with Crippen molar-refractivity contribution in [3.63, 3.8) is 0 Å². The minimum Gasteiger partial charge on any atom is -0.393 e. The van der Waals surface area contributed by atoms with Crippen LogP contribution in [0.4, 0.5) is 0 Å². The third-order valence-electron chi connectivity index (χ3n) is 3.12. The number of carbonyl (C=O) groups is 2. The van der Waals surface area contributed by atoms with E-state index in [1.54, 1.807) is 0 Å². The molecule has 3 nitrogen and oxygen atoms in total. The van der Waals surface area contributed by atoms with Crippen LogP contribution in [0.1, 0.15) is 38.5 Å². The van der Waals surface area contributed by atoms with E-state index in [4.69, 9.17) is 0 Å². The zero-order chi connectivity index (χ0) is 9.26. The van der Waals surface area contributed by atoms with Crippen LogP contribution < -0.4 is 0 Å². The topological polar surface area (TPSA) is 43.4 Å². The van der Waals surface area contributed by atoms with Gasteiger partial charge in [0.2, 0.25) is 0 Å². The number of esters is 2. The molecule has 0 amide bonds. The second-order valence-electron chi connectivity index (χ2n) is 4.00. The summed E-state index contributed by atoms with van der Waals surface area (Å²) in [5.74, 6) is -0.321. The maximum absolute atomic E-state index is 11.2. The Balaban J connectivity index is 1.99.